The molecular weight excluding hydrogens is 348 g/mol. The van der Waals surface area contributed by atoms with Gasteiger partial charge in [-0.25, -0.2) is 13.2 Å². The number of benzene rings is 1. The second kappa shape index (κ2) is 6.15. The highest BCUT2D eigenvalue weighted by Gasteiger charge is 2.21. The number of carbonyl (C=O) groups is 1. The zero-order chi connectivity index (χ0) is 16.5. The van der Waals surface area contributed by atoms with Gasteiger partial charge in [-0.1, -0.05) is 17.7 Å². The van der Waals surface area contributed by atoms with Crippen molar-refractivity contribution in [1.82, 2.24) is 0 Å². The lowest BCUT2D eigenvalue weighted by Gasteiger charge is -2.19. The molecule has 1 aromatic heterocycles. The topological polar surface area (TPSA) is 86.7 Å². The lowest BCUT2D eigenvalue weighted by molar-refractivity contribution is 0.0697. The van der Waals surface area contributed by atoms with Crippen molar-refractivity contribution in [2.24, 2.45) is 0 Å². The molecule has 0 aliphatic heterocycles. The van der Waals surface area contributed by atoms with Crippen LogP contribution in [0.3, 0.4) is 0 Å². The third-order valence-electron chi connectivity index (χ3n) is 2.77. The van der Waals surface area contributed by atoms with E-state index in [-0.39, 0.29) is 9.77 Å². The van der Waals surface area contributed by atoms with E-state index in [2.05, 4.69) is 4.72 Å². The molecule has 0 aliphatic rings. The average Bonchev–Trinajstić information content (AvgIpc) is 2.88. The normalized spacial score (nSPS) is 11.2. The van der Waals surface area contributed by atoms with Gasteiger partial charge in [0.1, 0.15) is 4.21 Å². The van der Waals surface area contributed by atoms with Crippen molar-refractivity contribution in [2.45, 2.75) is 4.21 Å². The van der Waals surface area contributed by atoms with Gasteiger partial charge in [0.05, 0.1) is 22.0 Å². The number of anilines is 2. The Balaban J connectivity index is 2.41. The molecule has 2 N–H and O–H groups in total. The Morgan fingerprint density at radius 3 is 2.59 bits per heavy atom. The molecule has 0 bridgehead atoms. The summed E-state index contributed by atoms with van der Waals surface area (Å²) in [6, 6.07) is 5.99. The van der Waals surface area contributed by atoms with Gasteiger partial charge in [-0.3, -0.25) is 4.72 Å². The van der Waals surface area contributed by atoms with E-state index in [1.165, 1.54) is 5.38 Å². The summed E-state index contributed by atoms with van der Waals surface area (Å²) in [5.74, 6) is -1.17. The standard InChI is InChI=1S/C13H13ClN2O4S2/c1-16(2)12-9(14)4-3-5-10(12)15-22(19,20)11-6-8(7-21-11)13(17)18/h3-7,15H,1-2H3,(H,17,18). The van der Waals surface area contributed by atoms with Crippen molar-refractivity contribution >= 4 is 50.3 Å². The van der Waals surface area contributed by atoms with Crippen molar-refractivity contribution in [3.05, 3.63) is 40.2 Å². The number of nitrogens with one attached hydrogen (secondary N) is 1. The number of halogens is 1. The first kappa shape index (κ1) is 16.6. The summed E-state index contributed by atoms with van der Waals surface area (Å²) >= 11 is 6.94. The Hall–Kier alpha value is -1.77. The Morgan fingerprint density at radius 1 is 1.36 bits per heavy atom. The summed E-state index contributed by atoms with van der Waals surface area (Å²) in [6.07, 6.45) is 0. The van der Waals surface area contributed by atoms with E-state index in [9.17, 15) is 13.2 Å². The lowest BCUT2D eigenvalue weighted by Crippen LogP contribution is -2.17. The number of nitrogens with zero attached hydrogens (tertiary/aromatic N) is 1. The van der Waals surface area contributed by atoms with Gasteiger partial charge in [0.15, 0.2) is 0 Å². The minimum Gasteiger partial charge on any atom is -0.478 e. The van der Waals surface area contributed by atoms with Gasteiger partial charge in [0, 0.05) is 19.5 Å². The van der Waals surface area contributed by atoms with Crippen LogP contribution in [0, 0.1) is 0 Å². The molecule has 0 fully saturated rings. The van der Waals surface area contributed by atoms with Gasteiger partial charge in [-0.2, -0.15) is 0 Å². The van der Waals surface area contributed by atoms with Crippen molar-refractivity contribution in [1.29, 1.82) is 0 Å². The van der Waals surface area contributed by atoms with E-state index in [1.807, 2.05) is 0 Å². The highest BCUT2D eigenvalue weighted by Crippen LogP contribution is 2.34. The maximum Gasteiger partial charge on any atom is 0.336 e. The van der Waals surface area contributed by atoms with Crippen molar-refractivity contribution in [3.63, 3.8) is 0 Å². The molecule has 0 aliphatic carbocycles. The first-order valence-electron chi connectivity index (χ1n) is 6.03. The molecule has 6 nitrogen and oxygen atoms in total. The predicted molar refractivity (Wildman–Crippen MR) is 87.9 cm³/mol. The molecule has 2 rings (SSSR count). The molecule has 1 heterocycles. The molecule has 0 radical (unpaired) electrons. The maximum atomic E-state index is 12.4. The van der Waals surface area contributed by atoms with Crippen LogP contribution >= 0.6 is 22.9 Å². The van der Waals surface area contributed by atoms with E-state index in [4.69, 9.17) is 16.7 Å². The number of rotatable bonds is 5. The van der Waals surface area contributed by atoms with Crippen LogP contribution < -0.4 is 9.62 Å². The van der Waals surface area contributed by atoms with Gasteiger partial charge in [-0.05, 0) is 18.2 Å². The third kappa shape index (κ3) is 3.34. The molecule has 2 aromatic rings. The smallest absolute Gasteiger partial charge is 0.336 e. The van der Waals surface area contributed by atoms with Crippen molar-refractivity contribution in [3.8, 4) is 0 Å². The van der Waals surface area contributed by atoms with Crippen LogP contribution in [0.4, 0.5) is 11.4 Å². The fraction of sp³-hybridized carbons (Fsp3) is 0.154. The zero-order valence-corrected chi connectivity index (χ0v) is 14.1. The first-order valence-corrected chi connectivity index (χ1v) is 8.77. The Kier molecular flexibility index (Phi) is 4.64. The fourth-order valence-electron chi connectivity index (χ4n) is 1.82. The number of para-hydroxylation sites is 1. The number of sulfonamides is 1. The summed E-state index contributed by atoms with van der Waals surface area (Å²) in [7, 11) is -0.393. The second-order valence-electron chi connectivity index (χ2n) is 4.60. The van der Waals surface area contributed by atoms with Crippen LogP contribution in [0.5, 0.6) is 0 Å². The SMILES string of the molecule is CN(C)c1c(Cl)cccc1NS(=O)(=O)c1cc(C(=O)O)cs1. The van der Waals surface area contributed by atoms with Crippen molar-refractivity contribution < 1.29 is 18.3 Å². The highest BCUT2D eigenvalue weighted by atomic mass is 35.5. The van der Waals surface area contributed by atoms with Gasteiger partial charge in [-0.15, -0.1) is 11.3 Å². The molecule has 1 aromatic carbocycles. The molecule has 0 spiro atoms. The van der Waals surface area contributed by atoms with E-state index in [1.54, 1.807) is 37.2 Å². The molecule has 0 saturated heterocycles. The molecule has 9 heteroatoms. The Bertz CT molecular complexity index is 815. The quantitative estimate of drug-likeness (QED) is 0.856. The second-order valence-corrected chi connectivity index (χ2v) is 7.82. The highest BCUT2D eigenvalue weighted by molar-refractivity contribution is 7.94. The van der Waals surface area contributed by atoms with Crippen molar-refractivity contribution in [2.75, 3.05) is 23.7 Å². The summed E-state index contributed by atoms with van der Waals surface area (Å²) in [5.41, 5.74) is 0.787. The first-order chi connectivity index (χ1) is 10.2. The van der Waals surface area contributed by atoms with Crippen LogP contribution in [0.1, 0.15) is 10.4 Å². The molecule has 0 unspecified atom stereocenters. The largest absolute Gasteiger partial charge is 0.478 e. The minimum absolute atomic E-state index is 0.0655. The summed E-state index contributed by atoms with van der Waals surface area (Å²) in [4.78, 5) is 12.5. The minimum atomic E-state index is -3.88. The maximum absolute atomic E-state index is 12.4. The number of thiophene rings is 1. The number of hydrogen-bond donors (Lipinski definition) is 2. The molecule has 0 amide bonds. The predicted octanol–water partition coefficient (Wildman–Crippen LogP) is 2.97. The summed E-state index contributed by atoms with van der Waals surface area (Å²) < 4.78 is 27.1. The lowest BCUT2D eigenvalue weighted by atomic mass is 10.2. The van der Waals surface area contributed by atoms with Gasteiger partial charge in [0.25, 0.3) is 10.0 Å². The number of hydrogen-bond acceptors (Lipinski definition) is 5. The summed E-state index contributed by atoms with van der Waals surface area (Å²) in [5, 5.41) is 10.6. The Labute approximate surface area is 137 Å². The van der Waals surface area contributed by atoms with Gasteiger partial charge < -0.3 is 10.0 Å². The Morgan fingerprint density at radius 2 is 2.05 bits per heavy atom. The fourth-order valence-corrected chi connectivity index (χ4v) is 4.38. The van der Waals surface area contributed by atoms with E-state index in [0.717, 1.165) is 17.4 Å². The molecular formula is C13H13ClN2O4S2. The monoisotopic (exact) mass is 360 g/mol. The molecule has 0 saturated carbocycles. The van der Waals surface area contributed by atoms with Crippen LogP contribution in [-0.4, -0.2) is 33.6 Å². The van der Waals surface area contributed by atoms with Gasteiger partial charge >= 0.3 is 5.97 Å². The number of carboxylic acids is 1. The molecule has 22 heavy (non-hydrogen) atoms. The van der Waals surface area contributed by atoms with Crippen LogP contribution in [0.2, 0.25) is 5.02 Å². The van der Waals surface area contributed by atoms with E-state index < -0.39 is 16.0 Å². The summed E-state index contributed by atoms with van der Waals surface area (Å²) in [6.45, 7) is 0. The van der Waals surface area contributed by atoms with E-state index in [0.29, 0.717) is 16.4 Å². The number of aromatic carboxylic acids is 1. The van der Waals surface area contributed by atoms with Crippen LogP contribution in [0.15, 0.2) is 33.9 Å². The van der Waals surface area contributed by atoms with Crippen LogP contribution in [-0.2, 0) is 10.0 Å². The zero-order valence-electron chi connectivity index (χ0n) is 11.7. The molecule has 118 valence electrons. The number of carboxylic acid groups (broad SMARTS) is 1. The molecule has 0 atom stereocenters. The third-order valence-corrected chi connectivity index (χ3v) is 5.88. The van der Waals surface area contributed by atoms with Crippen LogP contribution in [0.25, 0.3) is 0 Å². The average molecular weight is 361 g/mol. The van der Waals surface area contributed by atoms with E-state index >= 15 is 0 Å². The van der Waals surface area contributed by atoms with Gasteiger partial charge in [0.2, 0.25) is 0 Å².